The number of methoxy groups -OCH3 is 2. The van der Waals surface area contributed by atoms with E-state index >= 15 is 0 Å². The second kappa shape index (κ2) is 7.43. The summed E-state index contributed by atoms with van der Waals surface area (Å²) in [5, 5.41) is 10.7. The molecule has 8 nitrogen and oxygen atoms in total. The average molecular weight is 365 g/mol. The van der Waals surface area contributed by atoms with Crippen LogP contribution in [-0.2, 0) is 19.0 Å². The van der Waals surface area contributed by atoms with Gasteiger partial charge in [-0.1, -0.05) is 13.8 Å². The van der Waals surface area contributed by atoms with Gasteiger partial charge in [0.2, 0.25) is 11.7 Å². The van der Waals surface area contributed by atoms with E-state index < -0.39 is 23.8 Å². The molecule has 0 aromatic rings. The first kappa shape index (κ1) is 19.2. The Labute approximate surface area is 146 Å². The Morgan fingerprint density at radius 2 is 2.04 bits per heavy atom. The summed E-state index contributed by atoms with van der Waals surface area (Å²) < 4.78 is 16.8. The van der Waals surface area contributed by atoms with E-state index in [-0.39, 0.29) is 36.5 Å². The van der Waals surface area contributed by atoms with Crippen LogP contribution < -0.4 is 5.32 Å². The molecule has 2 fully saturated rings. The summed E-state index contributed by atoms with van der Waals surface area (Å²) in [7, 11) is 3.01. The largest absolute Gasteiger partial charge is 0.465 e. The maximum absolute atomic E-state index is 13.1. The molecule has 2 heterocycles. The molecule has 0 aromatic carbocycles. The van der Waals surface area contributed by atoms with Crippen molar-refractivity contribution in [1.82, 2.24) is 10.2 Å². The Balaban J connectivity index is 2.24. The summed E-state index contributed by atoms with van der Waals surface area (Å²) >= 11 is 6.37. The van der Waals surface area contributed by atoms with Crippen molar-refractivity contribution in [3.8, 4) is 0 Å². The number of halogens is 1. The quantitative estimate of drug-likeness (QED) is 0.532. The van der Waals surface area contributed by atoms with Crippen molar-refractivity contribution < 1.29 is 28.9 Å². The third-order valence-electron chi connectivity index (χ3n) is 4.87. The maximum Gasteiger partial charge on any atom is 0.404 e. The molecule has 0 saturated carbocycles. The first-order valence-electron chi connectivity index (χ1n) is 7.90. The van der Waals surface area contributed by atoms with Crippen LogP contribution in [0.5, 0.6) is 0 Å². The zero-order chi connectivity index (χ0) is 18.1. The molecule has 2 aliphatic heterocycles. The molecular formula is C15H25ClN2O6. The monoisotopic (exact) mass is 364 g/mol. The molecule has 0 spiro atoms. The molecule has 138 valence electrons. The van der Waals surface area contributed by atoms with Crippen LogP contribution in [0.15, 0.2) is 0 Å². The number of carbonyl (C=O) groups is 2. The van der Waals surface area contributed by atoms with E-state index in [1.165, 1.54) is 14.2 Å². The van der Waals surface area contributed by atoms with E-state index in [1.54, 1.807) is 4.90 Å². The predicted octanol–water partition coefficient (Wildman–Crippen LogP) is 0.732. The fourth-order valence-electron chi connectivity index (χ4n) is 3.45. The Bertz CT molecular complexity index is 485. The van der Waals surface area contributed by atoms with Gasteiger partial charge in [0.25, 0.3) is 0 Å². The van der Waals surface area contributed by atoms with Gasteiger partial charge >= 0.3 is 6.09 Å². The van der Waals surface area contributed by atoms with E-state index in [0.717, 1.165) is 0 Å². The van der Waals surface area contributed by atoms with Crippen molar-refractivity contribution in [2.75, 3.05) is 33.9 Å². The number of fused-ring (bicyclic) bond motifs is 1. The first-order valence-corrected chi connectivity index (χ1v) is 8.34. The van der Waals surface area contributed by atoms with Gasteiger partial charge in [-0.25, -0.2) is 4.79 Å². The van der Waals surface area contributed by atoms with Gasteiger partial charge in [0.15, 0.2) is 0 Å². The standard InChI is InChI=1S/C15H25ClN2O6/c1-8(2)9(5-17-14(20)21)13(19)18-6-10(16)11-12(18)15(22-3,23-4)7-24-11/h8-12,17H,5-7H2,1-4H3,(H,20,21). The molecule has 4 atom stereocenters. The Morgan fingerprint density at radius 3 is 2.54 bits per heavy atom. The number of rotatable bonds is 6. The summed E-state index contributed by atoms with van der Waals surface area (Å²) in [4.78, 5) is 25.5. The number of likely N-dealkylation sites (tertiary alicyclic amines) is 1. The lowest BCUT2D eigenvalue weighted by atomic mass is 9.93. The topological polar surface area (TPSA) is 97.3 Å². The van der Waals surface area contributed by atoms with Gasteiger partial charge in [0.05, 0.1) is 11.3 Å². The lowest BCUT2D eigenvalue weighted by Crippen LogP contribution is -2.57. The first-order chi connectivity index (χ1) is 11.3. The van der Waals surface area contributed by atoms with Gasteiger partial charge in [-0.2, -0.15) is 0 Å². The number of nitrogens with one attached hydrogen (secondary N) is 1. The van der Waals surface area contributed by atoms with Crippen LogP contribution in [0, 0.1) is 11.8 Å². The van der Waals surface area contributed by atoms with Gasteiger partial charge in [-0.3, -0.25) is 4.79 Å². The minimum Gasteiger partial charge on any atom is -0.465 e. The molecule has 2 amide bonds. The van der Waals surface area contributed by atoms with Crippen molar-refractivity contribution in [2.24, 2.45) is 11.8 Å². The lowest BCUT2D eigenvalue weighted by molar-refractivity contribution is -0.227. The highest BCUT2D eigenvalue weighted by Crippen LogP contribution is 2.41. The normalized spacial score (nSPS) is 29.6. The summed E-state index contributed by atoms with van der Waals surface area (Å²) in [5.41, 5.74) is 0. The summed E-state index contributed by atoms with van der Waals surface area (Å²) in [5.74, 6) is -1.79. The highest BCUT2D eigenvalue weighted by atomic mass is 35.5. The van der Waals surface area contributed by atoms with E-state index in [0.29, 0.717) is 6.54 Å². The van der Waals surface area contributed by atoms with Crippen LogP contribution in [0.2, 0.25) is 0 Å². The number of hydrogen-bond acceptors (Lipinski definition) is 5. The van der Waals surface area contributed by atoms with Crippen LogP contribution >= 0.6 is 11.6 Å². The van der Waals surface area contributed by atoms with Gasteiger partial charge in [0, 0.05) is 27.3 Å². The van der Waals surface area contributed by atoms with Gasteiger partial charge < -0.3 is 29.5 Å². The molecule has 0 radical (unpaired) electrons. The molecule has 0 bridgehead atoms. The highest BCUT2D eigenvalue weighted by Gasteiger charge is 2.61. The fraction of sp³-hybridized carbons (Fsp3) is 0.867. The number of carbonyl (C=O) groups excluding carboxylic acids is 1. The zero-order valence-corrected chi connectivity index (χ0v) is 15.1. The molecule has 0 aliphatic carbocycles. The van der Waals surface area contributed by atoms with E-state index in [2.05, 4.69) is 5.32 Å². The predicted molar refractivity (Wildman–Crippen MR) is 86.0 cm³/mol. The number of ether oxygens (including phenoxy) is 3. The number of hydrogen-bond donors (Lipinski definition) is 2. The minimum atomic E-state index is -1.16. The van der Waals surface area contributed by atoms with Crippen LogP contribution in [0.3, 0.4) is 0 Å². The van der Waals surface area contributed by atoms with Crippen LogP contribution in [0.25, 0.3) is 0 Å². The van der Waals surface area contributed by atoms with Crippen molar-refractivity contribution in [3.05, 3.63) is 0 Å². The average Bonchev–Trinajstić information content (AvgIpc) is 3.06. The Kier molecular flexibility index (Phi) is 5.95. The molecule has 2 saturated heterocycles. The Hall–Kier alpha value is -1.09. The summed E-state index contributed by atoms with van der Waals surface area (Å²) in [6, 6.07) is -0.464. The van der Waals surface area contributed by atoms with Crippen molar-refractivity contribution in [2.45, 2.75) is 37.2 Å². The number of alkyl halides is 1. The molecule has 0 aromatic heterocycles. The Morgan fingerprint density at radius 1 is 1.42 bits per heavy atom. The zero-order valence-electron chi connectivity index (χ0n) is 14.3. The number of amides is 2. The van der Waals surface area contributed by atoms with Crippen molar-refractivity contribution >= 4 is 23.6 Å². The molecular weight excluding hydrogens is 340 g/mol. The van der Waals surface area contributed by atoms with Gasteiger partial charge in [-0.15, -0.1) is 11.6 Å². The number of nitrogens with zero attached hydrogens (tertiary/aromatic N) is 1. The molecule has 2 rings (SSSR count). The van der Waals surface area contributed by atoms with Crippen LogP contribution in [0.4, 0.5) is 4.79 Å². The van der Waals surface area contributed by atoms with Gasteiger partial charge in [-0.05, 0) is 5.92 Å². The van der Waals surface area contributed by atoms with Crippen LogP contribution in [0.1, 0.15) is 13.8 Å². The fourth-order valence-corrected chi connectivity index (χ4v) is 3.81. The summed E-state index contributed by atoms with van der Waals surface area (Å²) in [6.07, 6.45) is -1.54. The molecule has 2 aliphatic rings. The number of carboxylic acid groups (broad SMARTS) is 1. The minimum absolute atomic E-state index is 0.0422. The second-order valence-electron chi connectivity index (χ2n) is 6.48. The van der Waals surface area contributed by atoms with E-state index in [4.69, 9.17) is 30.9 Å². The van der Waals surface area contributed by atoms with Crippen molar-refractivity contribution in [1.29, 1.82) is 0 Å². The molecule has 2 N–H and O–H groups in total. The van der Waals surface area contributed by atoms with E-state index in [1.807, 2.05) is 13.8 Å². The molecule has 4 unspecified atom stereocenters. The highest BCUT2D eigenvalue weighted by molar-refractivity contribution is 6.21. The third-order valence-corrected chi connectivity index (χ3v) is 5.26. The maximum atomic E-state index is 13.1. The third kappa shape index (κ3) is 3.33. The smallest absolute Gasteiger partial charge is 0.404 e. The van der Waals surface area contributed by atoms with Crippen LogP contribution in [-0.4, -0.2) is 79.2 Å². The molecule has 24 heavy (non-hydrogen) atoms. The lowest BCUT2D eigenvalue weighted by Gasteiger charge is -2.37. The SMILES string of the molecule is COC1(OC)COC2C(Cl)CN(C(=O)C(CNC(=O)O)C(C)C)C21. The molecule has 9 heteroatoms. The van der Waals surface area contributed by atoms with Crippen molar-refractivity contribution in [3.63, 3.8) is 0 Å². The van der Waals surface area contributed by atoms with E-state index in [9.17, 15) is 9.59 Å². The second-order valence-corrected chi connectivity index (χ2v) is 7.04. The summed E-state index contributed by atoms with van der Waals surface area (Å²) in [6.45, 7) is 4.29. The van der Waals surface area contributed by atoms with Gasteiger partial charge in [0.1, 0.15) is 18.8 Å².